The predicted molar refractivity (Wildman–Crippen MR) is 130 cm³/mol. The lowest BCUT2D eigenvalue weighted by atomic mass is 10.1. The molecule has 4 rings (SSSR count). The average Bonchev–Trinajstić information content (AvgIpc) is 3.08. The molecule has 0 bridgehead atoms. The molecule has 140 valence electrons. The third-order valence-electron chi connectivity index (χ3n) is 4.32. The molecule has 0 spiro atoms. The van der Waals surface area contributed by atoms with Gasteiger partial charge in [0.05, 0.1) is 9.26 Å². The molecule has 0 aliphatic heterocycles. The highest BCUT2D eigenvalue weighted by atomic mass is 127. The van der Waals surface area contributed by atoms with Crippen LogP contribution in [0.25, 0.3) is 22.6 Å². The normalized spacial score (nSPS) is 11.6. The number of hydrogen-bond donors (Lipinski definition) is 1. The topological polar surface area (TPSA) is 58.6 Å². The van der Waals surface area contributed by atoms with Crippen LogP contribution in [0.5, 0.6) is 5.75 Å². The highest BCUT2D eigenvalue weighted by molar-refractivity contribution is 14.1. The molecule has 1 heterocycles. The number of phenolic OH excluding ortho intramolecular Hbond substituents is 1. The number of aromatic nitrogens is 1. The Balaban J connectivity index is 1.70. The van der Waals surface area contributed by atoms with Crippen molar-refractivity contribution in [3.05, 3.63) is 72.4 Å². The standard InChI is InChI=1S/C22H16I2N2O2/c1-12-6-13(2)21-19(7-12)26-22(28-21)14-4-3-5-17(9-14)25-11-15-8-16(23)10-18(24)20(15)27/h3-11,27H,1-2H3. The highest BCUT2D eigenvalue weighted by Gasteiger charge is 2.11. The van der Waals surface area contributed by atoms with Gasteiger partial charge in [-0.05, 0) is 107 Å². The summed E-state index contributed by atoms with van der Waals surface area (Å²) in [4.78, 5) is 9.17. The van der Waals surface area contributed by atoms with Crippen molar-refractivity contribution in [2.24, 2.45) is 4.99 Å². The first-order chi connectivity index (χ1) is 13.4. The minimum absolute atomic E-state index is 0.241. The Morgan fingerprint density at radius 2 is 1.89 bits per heavy atom. The van der Waals surface area contributed by atoms with Gasteiger partial charge in [-0.2, -0.15) is 0 Å². The smallest absolute Gasteiger partial charge is 0.227 e. The molecule has 4 nitrogen and oxygen atoms in total. The molecule has 0 unspecified atom stereocenters. The second kappa shape index (κ2) is 7.82. The van der Waals surface area contributed by atoms with Gasteiger partial charge in [-0.15, -0.1) is 0 Å². The van der Waals surface area contributed by atoms with E-state index in [1.165, 1.54) is 0 Å². The summed E-state index contributed by atoms with van der Waals surface area (Å²) >= 11 is 4.35. The Kier molecular flexibility index (Phi) is 5.42. The van der Waals surface area contributed by atoms with Crippen molar-refractivity contribution in [2.45, 2.75) is 13.8 Å². The fraction of sp³-hybridized carbons (Fsp3) is 0.0909. The molecular weight excluding hydrogens is 578 g/mol. The van der Waals surface area contributed by atoms with Crippen molar-refractivity contribution in [1.29, 1.82) is 0 Å². The van der Waals surface area contributed by atoms with Crippen LogP contribution in [0, 0.1) is 21.0 Å². The van der Waals surface area contributed by atoms with Gasteiger partial charge in [0.15, 0.2) is 5.58 Å². The van der Waals surface area contributed by atoms with E-state index in [2.05, 4.69) is 68.1 Å². The molecule has 0 atom stereocenters. The molecule has 0 aliphatic carbocycles. The van der Waals surface area contributed by atoms with Crippen molar-refractivity contribution in [3.8, 4) is 17.2 Å². The molecule has 1 aromatic heterocycles. The number of benzene rings is 3. The molecule has 0 amide bonds. The summed E-state index contributed by atoms with van der Waals surface area (Å²) in [6.45, 7) is 4.08. The molecule has 0 fully saturated rings. The van der Waals surface area contributed by atoms with Crippen LogP contribution in [-0.2, 0) is 0 Å². The number of hydrogen-bond acceptors (Lipinski definition) is 4. The van der Waals surface area contributed by atoms with E-state index in [1.807, 2.05) is 49.4 Å². The maximum absolute atomic E-state index is 10.2. The van der Waals surface area contributed by atoms with Crippen LogP contribution in [0.2, 0.25) is 0 Å². The minimum Gasteiger partial charge on any atom is -0.506 e. The van der Waals surface area contributed by atoms with Gasteiger partial charge in [0, 0.05) is 20.9 Å². The van der Waals surface area contributed by atoms with Gasteiger partial charge in [-0.25, -0.2) is 4.98 Å². The van der Waals surface area contributed by atoms with E-state index in [1.54, 1.807) is 6.21 Å². The first-order valence-electron chi connectivity index (χ1n) is 8.61. The van der Waals surface area contributed by atoms with Crippen LogP contribution in [-0.4, -0.2) is 16.3 Å². The lowest BCUT2D eigenvalue weighted by molar-refractivity contribution is 0.470. The number of halogens is 2. The summed E-state index contributed by atoms with van der Waals surface area (Å²) in [6.07, 6.45) is 1.68. The first-order valence-corrected chi connectivity index (χ1v) is 10.8. The Morgan fingerprint density at radius 1 is 1.07 bits per heavy atom. The van der Waals surface area contributed by atoms with Crippen molar-refractivity contribution in [3.63, 3.8) is 0 Å². The Morgan fingerprint density at radius 3 is 2.71 bits per heavy atom. The number of fused-ring (bicyclic) bond motifs is 1. The third kappa shape index (κ3) is 3.93. The van der Waals surface area contributed by atoms with E-state index in [9.17, 15) is 5.11 Å². The maximum Gasteiger partial charge on any atom is 0.227 e. The van der Waals surface area contributed by atoms with Crippen LogP contribution in [0.1, 0.15) is 16.7 Å². The molecule has 4 aromatic rings. The Hall–Kier alpha value is -1.94. The zero-order chi connectivity index (χ0) is 19.8. The summed E-state index contributed by atoms with van der Waals surface area (Å²) in [5.41, 5.74) is 6.23. The summed E-state index contributed by atoms with van der Waals surface area (Å²) in [6, 6.07) is 15.7. The number of nitrogens with zero attached hydrogens (tertiary/aromatic N) is 2. The number of aliphatic imine (C=N–C) groups is 1. The van der Waals surface area contributed by atoms with Gasteiger partial charge in [0.1, 0.15) is 11.3 Å². The average molecular weight is 594 g/mol. The minimum atomic E-state index is 0.241. The summed E-state index contributed by atoms with van der Waals surface area (Å²) in [5, 5.41) is 10.2. The summed E-state index contributed by atoms with van der Waals surface area (Å²) in [5.74, 6) is 0.818. The van der Waals surface area contributed by atoms with E-state index in [4.69, 9.17) is 4.42 Å². The lowest BCUT2D eigenvalue weighted by Crippen LogP contribution is -1.87. The Bertz CT molecular complexity index is 1230. The summed E-state index contributed by atoms with van der Waals surface area (Å²) in [7, 11) is 0. The number of phenols is 1. The van der Waals surface area contributed by atoms with Crippen LogP contribution in [0.4, 0.5) is 5.69 Å². The van der Waals surface area contributed by atoms with E-state index in [-0.39, 0.29) is 5.75 Å². The fourth-order valence-corrected chi connectivity index (χ4v) is 4.94. The van der Waals surface area contributed by atoms with Gasteiger partial charge in [-0.1, -0.05) is 12.1 Å². The van der Waals surface area contributed by atoms with Crippen molar-refractivity contribution in [2.75, 3.05) is 0 Å². The number of rotatable bonds is 3. The molecule has 3 aromatic carbocycles. The highest BCUT2D eigenvalue weighted by Crippen LogP contribution is 2.30. The van der Waals surface area contributed by atoms with E-state index in [0.717, 1.165) is 40.6 Å². The molecule has 0 saturated heterocycles. The monoisotopic (exact) mass is 594 g/mol. The molecule has 0 aliphatic rings. The molecule has 0 saturated carbocycles. The quantitative estimate of drug-likeness (QED) is 0.210. The van der Waals surface area contributed by atoms with E-state index >= 15 is 0 Å². The molecular formula is C22H16I2N2O2. The zero-order valence-corrected chi connectivity index (χ0v) is 19.5. The number of aromatic hydroxyl groups is 1. The maximum atomic E-state index is 10.2. The SMILES string of the molecule is Cc1cc(C)c2oc(-c3cccc(N=Cc4cc(I)cc(I)c4O)c3)nc2c1. The van der Waals surface area contributed by atoms with Crippen LogP contribution in [0.3, 0.4) is 0 Å². The van der Waals surface area contributed by atoms with Gasteiger partial charge in [-0.3, -0.25) is 4.99 Å². The van der Waals surface area contributed by atoms with Crippen LogP contribution >= 0.6 is 45.2 Å². The van der Waals surface area contributed by atoms with Gasteiger partial charge in [0.2, 0.25) is 5.89 Å². The summed E-state index contributed by atoms with van der Waals surface area (Å²) < 4.78 is 7.85. The Labute approximate surface area is 190 Å². The second-order valence-electron chi connectivity index (χ2n) is 6.58. The van der Waals surface area contributed by atoms with Crippen LogP contribution in [0.15, 0.2) is 57.9 Å². The second-order valence-corrected chi connectivity index (χ2v) is 8.99. The van der Waals surface area contributed by atoms with Crippen molar-refractivity contribution in [1.82, 2.24) is 4.98 Å². The van der Waals surface area contributed by atoms with Gasteiger partial charge < -0.3 is 9.52 Å². The first kappa shape index (κ1) is 19.4. The van der Waals surface area contributed by atoms with Crippen LogP contribution < -0.4 is 0 Å². The fourth-order valence-electron chi connectivity index (χ4n) is 3.05. The molecule has 1 N–H and O–H groups in total. The molecule has 6 heteroatoms. The zero-order valence-electron chi connectivity index (χ0n) is 15.2. The molecule has 28 heavy (non-hydrogen) atoms. The lowest BCUT2D eigenvalue weighted by Gasteiger charge is -2.03. The van der Waals surface area contributed by atoms with Gasteiger partial charge in [0.25, 0.3) is 0 Å². The number of oxazole rings is 1. The third-order valence-corrected chi connectivity index (χ3v) is 5.77. The number of aryl methyl sites for hydroxylation is 2. The predicted octanol–water partition coefficient (Wildman–Crippen LogP) is 6.78. The van der Waals surface area contributed by atoms with Crippen molar-refractivity contribution < 1.29 is 9.52 Å². The van der Waals surface area contributed by atoms with Gasteiger partial charge >= 0.3 is 0 Å². The molecule has 0 radical (unpaired) electrons. The van der Waals surface area contributed by atoms with E-state index < -0.39 is 0 Å². The van der Waals surface area contributed by atoms with Crippen molar-refractivity contribution >= 4 is 68.2 Å². The largest absolute Gasteiger partial charge is 0.506 e. The van der Waals surface area contributed by atoms with E-state index in [0.29, 0.717) is 11.5 Å².